The van der Waals surface area contributed by atoms with Crippen molar-refractivity contribution in [2.24, 2.45) is 5.16 Å². The van der Waals surface area contributed by atoms with Gasteiger partial charge in [-0.2, -0.15) is 0 Å². The lowest BCUT2D eigenvalue weighted by Gasteiger charge is -2.08. The van der Waals surface area contributed by atoms with Crippen LogP contribution in [0.15, 0.2) is 64.6 Å². The molecular weight excluding hydrogens is 334 g/mol. The molecule has 1 aromatic carbocycles. The van der Waals surface area contributed by atoms with Crippen LogP contribution in [0.25, 0.3) is 27.9 Å². The van der Waals surface area contributed by atoms with Crippen LogP contribution in [0.2, 0.25) is 0 Å². The number of rotatable bonds is 5. The molecule has 0 saturated carbocycles. The van der Waals surface area contributed by atoms with E-state index >= 15 is 0 Å². The molecule has 0 atom stereocenters. The van der Waals surface area contributed by atoms with Crippen LogP contribution in [0.3, 0.4) is 0 Å². The van der Waals surface area contributed by atoms with Crippen molar-refractivity contribution in [3.05, 3.63) is 60.3 Å². The predicted octanol–water partition coefficient (Wildman–Crippen LogP) is 3.06. The Morgan fingerprint density at radius 3 is 2.96 bits per heavy atom. The van der Waals surface area contributed by atoms with E-state index in [4.69, 9.17) is 13.9 Å². The molecule has 3 aromatic heterocycles. The minimum absolute atomic E-state index is 0.385. The third kappa shape index (κ3) is 3.00. The van der Waals surface area contributed by atoms with Crippen LogP contribution in [0.1, 0.15) is 0 Å². The van der Waals surface area contributed by atoms with Crippen LogP contribution in [-0.4, -0.2) is 34.9 Å². The number of aromatic nitrogens is 2. The average molecular weight is 351 g/mol. The van der Waals surface area contributed by atoms with Crippen molar-refractivity contribution >= 4 is 16.5 Å². The molecule has 0 amide bonds. The molecule has 4 rings (SSSR count). The Hall–Kier alpha value is -3.32. The van der Waals surface area contributed by atoms with E-state index in [1.165, 1.54) is 0 Å². The van der Waals surface area contributed by atoms with Crippen LogP contribution < -0.4 is 10.1 Å². The van der Waals surface area contributed by atoms with Crippen molar-refractivity contribution in [3.63, 3.8) is 0 Å². The molecule has 0 aliphatic rings. The SMILES string of the molecule is COCCOc1ccc2oc(-c3cc4cccn4cn3)cc(=NO)c2c1. The summed E-state index contributed by atoms with van der Waals surface area (Å²) in [6.45, 7) is 0.927. The number of methoxy groups -OCH3 is 1. The first-order chi connectivity index (χ1) is 12.8. The Kier molecular flexibility index (Phi) is 4.28. The molecule has 26 heavy (non-hydrogen) atoms. The Balaban J connectivity index is 1.78. The summed E-state index contributed by atoms with van der Waals surface area (Å²) in [7, 11) is 1.62. The molecule has 0 unspecified atom stereocenters. The van der Waals surface area contributed by atoms with Crippen LogP contribution in [-0.2, 0) is 4.74 Å². The molecule has 0 spiro atoms. The number of hydrogen-bond donors (Lipinski definition) is 1. The summed E-state index contributed by atoms with van der Waals surface area (Å²) in [5.74, 6) is 1.16. The van der Waals surface area contributed by atoms with Crippen LogP contribution in [0, 0.1) is 0 Å². The van der Waals surface area contributed by atoms with Crippen LogP contribution in [0.4, 0.5) is 0 Å². The molecule has 0 fully saturated rings. The van der Waals surface area contributed by atoms with E-state index in [0.29, 0.717) is 46.7 Å². The van der Waals surface area contributed by atoms with Crippen molar-refractivity contribution in [2.45, 2.75) is 0 Å². The van der Waals surface area contributed by atoms with Gasteiger partial charge < -0.3 is 23.5 Å². The van der Waals surface area contributed by atoms with Gasteiger partial charge >= 0.3 is 0 Å². The van der Waals surface area contributed by atoms with Crippen LogP contribution >= 0.6 is 0 Å². The van der Waals surface area contributed by atoms with Gasteiger partial charge in [0.25, 0.3) is 0 Å². The lowest BCUT2D eigenvalue weighted by atomic mass is 10.2. The van der Waals surface area contributed by atoms with E-state index in [-0.39, 0.29) is 0 Å². The number of fused-ring (bicyclic) bond motifs is 2. The van der Waals surface area contributed by atoms with E-state index in [1.54, 1.807) is 37.7 Å². The fourth-order valence-electron chi connectivity index (χ4n) is 2.76. The van der Waals surface area contributed by atoms with Crippen molar-refractivity contribution in [3.8, 4) is 17.2 Å². The summed E-state index contributed by atoms with van der Waals surface area (Å²) < 4.78 is 18.5. The van der Waals surface area contributed by atoms with Gasteiger partial charge in [-0.25, -0.2) is 4.98 Å². The third-order valence-electron chi connectivity index (χ3n) is 4.05. The summed E-state index contributed by atoms with van der Waals surface area (Å²) in [5.41, 5.74) is 2.23. The van der Waals surface area contributed by atoms with Gasteiger partial charge in [-0.15, -0.1) is 0 Å². The van der Waals surface area contributed by atoms with E-state index in [0.717, 1.165) is 5.52 Å². The molecule has 0 bridgehead atoms. The zero-order valence-electron chi connectivity index (χ0n) is 14.1. The van der Waals surface area contributed by atoms with Gasteiger partial charge in [0.15, 0.2) is 5.76 Å². The lowest BCUT2D eigenvalue weighted by Crippen LogP contribution is -2.06. The summed E-state index contributed by atoms with van der Waals surface area (Å²) in [6, 6.07) is 12.8. The van der Waals surface area contributed by atoms with Crippen molar-refractivity contribution in [2.75, 3.05) is 20.3 Å². The number of nitrogens with zero attached hydrogens (tertiary/aromatic N) is 3. The number of benzene rings is 1. The van der Waals surface area contributed by atoms with Gasteiger partial charge in [0.2, 0.25) is 0 Å². The molecule has 4 aromatic rings. The molecular formula is C19H17N3O4. The minimum atomic E-state index is 0.385. The van der Waals surface area contributed by atoms with Gasteiger partial charge in [-0.1, -0.05) is 5.16 Å². The summed E-state index contributed by atoms with van der Waals surface area (Å²) in [6.07, 6.45) is 3.64. The Morgan fingerprint density at radius 2 is 2.12 bits per heavy atom. The molecule has 0 saturated heterocycles. The zero-order chi connectivity index (χ0) is 17.9. The largest absolute Gasteiger partial charge is 0.491 e. The predicted molar refractivity (Wildman–Crippen MR) is 95.1 cm³/mol. The Labute approximate surface area is 148 Å². The molecule has 0 radical (unpaired) electrons. The van der Waals surface area contributed by atoms with Gasteiger partial charge in [0.1, 0.15) is 29.0 Å². The maximum Gasteiger partial charge on any atom is 0.155 e. The second-order valence-electron chi connectivity index (χ2n) is 5.71. The molecule has 0 aliphatic heterocycles. The van der Waals surface area contributed by atoms with Gasteiger partial charge in [0, 0.05) is 24.9 Å². The maximum absolute atomic E-state index is 9.45. The summed E-state index contributed by atoms with van der Waals surface area (Å²) in [4.78, 5) is 4.41. The maximum atomic E-state index is 9.45. The second kappa shape index (κ2) is 6.89. The third-order valence-corrected chi connectivity index (χ3v) is 4.05. The average Bonchev–Trinajstić information content (AvgIpc) is 3.15. The normalized spacial score (nSPS) is 12.1. The first-order valence-electron chi connectivity index (χ1n) is 8.09. The Morgan fingerprint density at radius 1 is 1.19 bits per heavy atom. The molecule has 3 heterocycles. The monoisotopic (exact) mass is 351 g/mol. The van der Waals surface area contributed by atoms with Crippen molar-refractivity contribution in [1.29, 1.82) is 0 Å². The number of hydrogen-bond acceptors (Lipinski definition) is 6. The van der Waals surface area contributed by atoms with Crippen LogP contribution in [0.5, 0.6) is 5.75 Å². The topological polar surface area (TPSA) is 81.5 Å². The van der Waals surface area contributed by atoms with Gasteiger partial charge in [0.05, 0.1) is 18.3 Å². The van der Waals surface area contributed by atoms with Gasteiger partial charge in [-0.05, 0) is 36.4 Å². The summed E-state index contributed by atoms with van der Waals surface area (Å²) in [5, 5.41) is 13.9. The highest BCUT2D eigenvalue weighted by molar-refractivity contribution is 5.80. The highest BCUT2D eigenvalue weighted by Crippen LogP contribution is 2.24. The zero-order valence-corrected chi connectivity index (χ0v) is 14.1. The standard InChI is InChI=1S/C19H17N3O4/c1-24-7-8-25-14-4-5-18-15(10-14)16(21-23)11-19(26-18)17-9-13-3-2-6-22(13)12-20-17/h2-6,9-12,23H,7-8H2,1H3. The minimum Gasteiger partial charge on any atom is -0.491 e. The smallest absolute Gasteiger partial charge is 0.155 e. The molecule has 0 aliphatic carbocycles. The molecule has 7 nitrogen and oxygen atoms in total. The Bertz CT molecular complexity index is 1130. The molecule has 1 N–H and O–H groups in total. The quantitative estimate of drug-likeness (QED) is 0.339. The second-order valence-corrected chi connectivity index (χ2v) is 5.71. The first-order valence-corrected chi connectivity index (χ1v) is 8.09. The van der Waals surface area contributed by atoms with Crippen molar-refractivity contribution < 1.29 is 19.1 Å². The molecule has 7 heteroatoms. The van der Waals surface area contributed by atoms with E-state index < -0.39 is 0 Å². The summed E-state index contributed by atoms with van der Waals surface area (Å²) >= 11 is 0. The van der Waals surface area contributed by atoms with E-state index in [1.807, 2.05) is 28.8 Å². The van der Waals surface area contributed by atoms with Crippen molar-refractivity contribution in [1.82, 2.24) is 9.38 Å². The highest BCUT2D eigenvalue weighted by atomic mass is 16.5. The fraction of sp³-hybridized carbons (Fsp3) is 0.158. The molecule has 132 valence electrons. The van der Waals surface area contributed by atoms with E-state index in [9.17, 15) is 5.21 Å². The first kappa shape index (κ1) is 16.2. The lowest BCUT2D eigenvalue weighted by molar-refractivity contribution is 0.146. The van der Waals surface area contributed by atoms with E-state index in [2.05, 4.69) is 10.1 Å². The fourth-order valence-corrected chi connectivity index (χ4v) is 2.76. The highest BCUT2D eigenvalue weighted by Gasteiger charge is 2.09. The number of ether oxygens (including phenoxy) is 2. The van der Waals surface area contributed by atoms with Gasteiger partial charge in [-0.3, -0.25) is 0 Å².